The van der Waals surface area contributed by atoms with Crippen molar-refractivity contribution >= 4 is 16.6 Å². The molecule has 1 heterocycles. The second-order valence-electron chi connectivity index (χ2n) is 3.16. The van der Waals surface area contributed by atoms with Crippen LogP contribution in [-0.4, -0.2) is 19.1 Å². The van der Waals surface area contributed by atoms with Crippen LogP contribution in [0.4, 0.5) is 5.69 Å². The summed E-state index contributed by atoms with van der Waals surface area (Å²) in [6.45, 7) is 0. The van der Waals surface area contributed by atoms with Gasteiger partial charge < -0.3 is 15.0 Å². The van der Waals surface area contributed by atoms with Gasteiger partial charge in [-0.05, 0) is 6.07 Å². The van der Waals surface area contributed by atoms with Gasteiger partial charge in [-0.2, -0.15) is 5.26 Å². The predicted molar refractivity (Wildman–Crippen MR) is 59.1 cm³/mol. The van der Waals surface area contributed by atoms with Crippen LogP contribution in [0.3, 0.4) is 0 Å². The lowest BCUT2D eigenvalue weighted by atomic mass is 10.1. The van der Waals surface area contributed by atoms with E-state index >= 15 is 0 Å². The number of nitrogens with one attached hydrogen (secondary N) is 2. The Morgan fingerprint density at radius 3 is 2.87 bits per heavy atom. The summed E-state index contributed by atoms with van der Waals surface area (Å²) >= 11 is 0. The number of hydrogen-bond donors (Lipinski definition) is 2. The first-order chi connectivity index (χ1) is 7.30. The van der Waals surface area contributed by atoms with Crippen molar-refractivity contribution in [3.8, 4) is 11.8 Å². The number of nitriles is 1. The van der Waals surface area contributed by atoms with E-state index in [4.69, 9.17) is 10.00 Å². The van der Waals surface area contributed by atoms with Gasteiger partial charge in [0, 0.05) is 24.7 Å². The maximum Gasteiger partial charge on any atom is 0.121 e. The zero-order chi connectivity index (χ0) is 10.8. The molecule has 0 fully saturated rings. The van der Waals surface area contributed by atoms with Crippen molar-refractivity contribution in [2.24, 2.45) is 0 Å². The summed E-state index contributed by atoms with van der Waals surface area (Å²) in [5.74, 6) is 0.739. The van der Waals surface area contributed by atoms with Crippen LogP contribution in [-0.2, 0) is 0 Å². The predicted octanol–water partition coefficient (Wildman–Crippen LogP) is 2.09. The summed E-state index contributed by atoms with van der Waals surface area (Å²) in [5.41, 5.74) is 2.47. The number of methoxy groups -OCH3 is 1. The van der Waals surface area contributed by atoms with E-state index in [1.54, 1.807) is 13.3 Å². The van der Waals surface area contributed by atoms with Crippen molar-refractivity contribution in [2.75, 3.05) is 19.5 Å². The van der Waals surface area contributed by atoms with Crippen molar-refractivity contribution in [3.63, 3.8) is 0 Å². The number of hydrogen-bond acceptors (Lipinski definition) is 3. The topological polar surface area (TPSA) is 60.8 Å². The van der Waals surface area contributed by atoms with E-state index in [2.05, 4.69) is 16.4 Å². The Kier molecular flexibility index (Phi) is 2.22. The first kappa shape index (κ1) is 9.41. The quantitative estimate of drug-likeness (QED) is 0.782. The molecular weight excluding hydrogens is 190 g/mol. The minimum Gasteiger partial charge on any atom is -0.497 e. The van der Waals surface area contributed by atoms with Gasteiger partial charge in [0.1, 0.15) is 11.8 Å². The van der Waals surface area contributed by atoms with Crippen molar-refractivity contribution in [1.82, 2.24) is 4.98 Å². The highest BCUT2D eigenvalue weighted by molar-refractivity contribution is 5.96. The van der Waals surface area contributed by atoms with Crippen LogP contribution in [0.5, 0.6) is 5.75 Å². The molecule has 0 spiro atoms. The fraction of sp³-hybridized carbons (Fsp3) is 0.182. The highest BCUT2D eigenvalue weighted by Crippen LogP contribution is 2.30. The van der Waals surface area contributed by atoms with Gasteiger partial charge in [0.2, 0.25) is 0 Å². The third-order valence-corrected chi connectivity index (χ3v) is 2.39. The standard InChI is InChI=1S/C11H11N3O/c1-13-10-4-8(15-2)3-9-7(5-12)6-14-11(9)10/h3-4,6,13-14H,1-2H3. The number of anilines is 1. The van der Waals surface area contributed by atoms with Gasteiger partial charge in [-0.3, -0.25) is 0 Å². The van der Waals surface area contributed by atoms with E-state index in [-0.39, 0.29) is 0 Å². The first-order valence-electron chi connectivity index (χ1n) is 4.57. The number of benzene rings is 1. The second kappa shape index (κ2) is 3.54. The largest absolute Gasteiger partial charge is 0.497 e. The van der Waals surface area contributed by atoms with E-state index in [0.29, 0.717) is 5.56 Å². The number of H-pyrrole nitrogens is 1. The van der Waals surface area contributed by atoms with E-state index in [1.165, 1.54) is 0 Å². The molecule has 0 bridgehead atoms. The van der Waals surface area contributed by atoms with Gasteiger partial charge in [0.05, 0.1) is 23.9 Å². The Labute approximate surface area is 87.5 Å². The zero-order valence-electron chi connectivity index (χ0n) is 8.59. The summed E-state index contributed by atoms with van der Waals surface area (Å²) in [6, 6.07) is 5.88. The summed E-state index contributed by atoms with van der Waals surface area (Å²) in [7, 11) is 3.44. The van der Waals surface area contributed by atoms with Crippen molar-refractivity contribution in [2.45, 2.75) is 0 Å². The summed E-state index contributed by atoms with van der Waals surface area (Å²) in [4.78, 5) is 3.07. The smallest absolute Gasteiger partial charge is 0.121 e. The molecule has 0 saturated carbocycles. The maximum absolute atomic E-state index is 8.92. The Morgan fingerprint density at radius 2 is 2.27 bits per heavy atom. The van der Waals surface area contributed by atoms with Gasteiger partial charge in [0.15, 0.2) is 0 Å². The molecule has 0 aliphatic carbocycles. The molecule has 15 heavy (non-hydrogen) atoms. The van der Waals surface area contributed by atoms with Crippen molar-refractivity contribution in [1.29, 1.82) is 5.26 Å². The summed E-state index contributed by atoms with van der Waals surface area (Å²) in [5, 5.41) is 12.9. The molecule has 0 unspecified atom stereocenters. The Hall–Kier alpha value is -2.15. The first-order valence-corrected chi connectivity index (χ1v) is 4.57. The van der Waals surface area contributed by atoms with Gasteiger partial charge in [-0.25, -0.2) is 0 Å². The summed E-state index contributed by atoms with van der Waals surface area (Å²) < 4.78 is 5.17. The van der Waals surface area contributed by atoms with Crippen LogP contribution < -0.4 is 10.1 Å². The van der Waals surface area contributed by atoms with Gasteiger partial charge in [0.25, 0.3) is 0 Å². The van der Waals surface area contributed by atoms with Gasteiger partial charge in [-0.1, -0.05) is 0 Å². The fourth-order valence-electron chi connectivity index (χ4n) is 1.61. The van der Waals surface area contributed by atoms with E-state index < -0.39 is 0 Å². The molecule has 2 N–H and O–H groups in total. The Morgan fingerprint density at radius 1 is 1.47 bits per heavy atom. The van der Waals surface area contributed by atoms with Crippen LogP contribution in [0, 0.1) is 11.3 Å². The van der Waals surface area contributed by atoms with E-state index in [1.807, 2.05) is 19.2 Å². The van der Waals surface area contributed by atoms with Crippen molar-refractivity contribution in [3.05, 3.63) is 23.9 Å². The molecule has 0 atom stereocenters. The molecule has 1 aromatic carbocycles. The molecular formula is C11H11N3O. The van der Waals surface area contributed by atoms with Crippen LogP contribution in [0.15, 0.2) is 18.3 Å². The zero-order valence-corrected chi connectivity index (χ0v) is 8.59. The monoisotopic (exact) mass is 201 g/mol. The molecule has 0 radical (unpaired) electrons. The number of nitrogens with zero attached hydrogens (tertiary/aromatic N) is 1. The number of ether oxygens (including phenoxy) is 1. The summed E-state index contributed by atoms with van der Waals surface area (Å²) in [6.07, 6.45) is 1.70. The highest BCUT2D eigenvalue weighted by Gasteiger charge is 2.08. The van der Waals surface area contributed by atoms with E-state index in [0.717, 1.165) is 22.3 Å². The van der Waals surface area contributed by atoms with Gasteiger partial charge >= 0.3 is 0 Å². The maximum atomic E-state index is 8.92. The number of rotatable bonds is 2. The average molecular weight is 201 g/mol. The average Bonchev–Trinajstić information content (AvgIpc) is 2.70. The lowest BCUT2D eigenvalue weighted by Crippen LogP contribution is -1.91. The molecule has 1 aromatic heterocycles. The normalized spacial score (nSPS) is 9.93. The fourth-order valence-corrected chi connectivity index (χ4v) is 1.61. The van der Waals surface area contributed by atoms with Crippen LogP contribution in [0.1, 0.15) is 5.56 Å². The molecule has 2 rings (SSSR count). The number of aromatic amines is 1. The second-order valence-corrected chi connectivity index (χ2v) is 3.16. The minimum atomic E-state index is 0.625. The molecule has 0 aliphatic heterocycles. The molecule has 0 amide bonds. The molecule has 0 aliphatic rings. The molecule has 4 nitrogen and oxygen atoms in total. The van der Waals surface area contributed by atoms with Crippen molar-refractivity contribution < 1.29 is 4.74 Å². The van der Waals surface area contributed by atoms with Crippen LogP contribution in [0.25, 0.3) is 10.9 Å². The third-order valence-electron chi connectivity index (χ3n) is 2.39. The van der Waals surface area contributed by atoms with E-state index in [9.17, 15) is 0 Å². The van der Waals surface area contributed by atoms with Crippen LogP contribution in [0.2, 0.25) is 0 Å². The molecule has 4 heteroatoms. The highest BCUT2D eigenvalue weighted by atomic mass is 16.5. The van der Waals surface area contributed by atoms with Crippen LogP contribution >= 0.6 is 0 Å². The minimum absolute atomic E-state index is 0.625. The Bertz CT molecular complexity index is 536. The SMILES string of the molecule is CNc1cc(OC)cc2c(C#N)c[nH]c12. The molecule has 76 valence electrons. The number of fused-ring (bicyclic) bond motifs is 1. The molecule has 0 saturated heterocycles. The lowest BCUT2D eigenvalue weighted by Gasteiger charge is -2.05. The Balaban J connectivity index is 2.79. The third kappa shape index (κ3) is 1.38. The van der Waals surface area contributed by atoms with Gasteiger partial charge in [-0.15, -0.1) is 0 Å². The molecule has 2 aromatic rings. The lowest BCUT2D eigenvalue weighted by molar-refractivity contribution is 0.415. The number of aromatic nitrogens is 1.